The number of carbonyl (C=O) groups excluding carboxylic acids is 1. The van der Waals surface area contributed by atoms with Gasteiger partial charge in [0.15, 0.2) is 0 Å². The average Bonchev–Trinajstić information content (AvgIpc) is 2.00. The first kappa shape index (κ1) is 13.6. The summed E-state index contributed by atoms with van der Waals surface area (Å²) in [6, 6.07) is 0. The van der Waals surface area contributed by atoms with Crippen molar-refractivity contribution in [3.8, 4) is 0 Å². The normalized spacial score (nSPS) is 13.9. The lowest BCUT2D eigenvalue weighted by atomic mass is 10.1. The number of nitrogens with zero attached hydrogens (tertiary/aromatic N) is 1. The second-order valence-corrected chi connectivity index (χ2v) is 4.27. The van der Waals surface area contributed by atoms with E-state index in [1.165, 1.54) is 6.21 Å². The SMILES string of the molecule is CC(CC=NC(=O)OC(C)(C)C)C(=O)O. The highest BCUT2D eigenvalue weighted by molar-refractivity contribution is 5.81. The van der Waals surface area contributed by atoms with E-state index in [0.29, 0.717) is 0 Å². The molecule has 86 valence electrons. The smallest absolute Gasteiger partial charge is 0.433 e. The molecule has 5 nitrogen and oxygen atoms in total. The number of carbonyl (C=O) groups is 2. The summed E-state index contributed by atoms with van der Waals surface area (Å²) in [7, 11) is 0. The molecule has 1 unspecified atom stereocenters. The van der Waals surface area contributed by atoms with Crippen LogP contribution in [0.5, 0.6) is 0 Å². The number of hydrogen-bond acceptors (Lipinski definition) is 3. The van der Waals surface area contributed by atoms with Crippen molar-refractivity contribution >= 4 is 18.3 Å². The second-order valence-electron chi connectivity index (χ2n) is 4.27. The number of rotatable bonds is 3. The predicted molar refractivity (Wildman–Crippen MR) is 56.1 cm³/mol. The lowest BCUT2D eigenvalue weighted by Gasteiger charge is -2.17. The highest BCUT2D eigenvalue weighted by Crippen LogP contribution is 2.08. The maximum atomic E-state index is 11.0. The Morgan fingerprint density at radius 3 is 2.40 bits per heavy atom. The first-order valence-corrected chi connectivity index (χ1v) is 4.70. The van der Waals surface area contributed by atoms with Crippen LogP contribution in [-0.2, 0) is 9.53 Å². The molecular formula is C10H17NO4. The summed E-state index contributed by atoms with van der Waals surface area (Å²) < 4.78 is 4.90. The average molecular weight is 215 g/mol. The number of carboxylic acids is 1. The second kappa shape index (κ2) is 5.48. The molecule has 1 amide bonds. The van der Waals surface area contributed by atoms with Crippen LogP contribution < -0.4 is 0 Å². The molecule has 1 atom stereocenters. The Balaban J connectivity index is 3.98. The van der Waals surface area contributed by atoms with Gasteiger partial charge in [0.25, 0.3) is 0 Å². The number of hydrogen-bond donors (Lipinski definition) is 1. The van der Waals surface area contributed by atoms with E-state index >= 15 is 0 Å². The molecule has 0 bridgehead atoms. The summed E-state index contributed by atoms with van der Waals surface area (Å²) >= 11 is 0. The van der Waals surface area contributed by atoms with Crippen molar-refractivity contribution in [1.82, 2.24) is 0 Å². The molecule has 0 aliphatic rings. The zero-order chi connectivity index (χ0) is 12.1. The van der Waals surface area contributed by atoms with Gasteiger partial charge in [-0.3, -0.25) is 4.79 Å². The van der Waals surface area contributed by atoms with Crippen LogP contribution in [0.1, 0.15) is 34.1 Å². The van der Waals surface area contributed by atoms with E-state index < -0.39 is 23.6 Å². The minimum absolute atomic E-state index is 0.217. The van der Waals surface area contributed by atoms with E-state index in [2.05, 4.69) is 4.99 Å². The van der Waals surface area contributed by atoms with Gasteiger partial charge in [-0.25, -0.2) is 4.79 Å². The van der Waals surface area contributed by atoms with Crippen LogP contribution in [0.4, 0.5) is 4.79 Å². The molecule has 0 heterocycles. The third-order valence-corrected chi connectivity index (χ3v) is 1.47. The zero-order valence-electron chi connectivity index (χ0n) is 9.48. The van der Waals surface area contributed by atoms with E-state index in [4.69, 9.17) is 9.84 Å². The monoisotopic (exact) mass is 215 g/mol. The van der Waals surface area contributed by atoms with Gasteiger partial charge in [0.2, 0.25) is 0 Å². The summed E-state index contributed by atoms with van der Waals surface area (Å²) in [6.45, 7) is 6.75. The molecule has 0 aromatic rings. The lowest BCUT2D eigenvalue weighted by Crippen LogP contribution is -2.22. The fraction of sp³-hybridized carbons (Fsp3) is 0.700. The van der Waals surface area contributed by atoms with E-state index in [1.807, 2.05) is 0 Å². The number of aliphatic imine (C=N–C) groups is 1. The van der Waals surface area contributed by atoms with Crippen molar-refractivity contribution in [2.24, 2.45) is 10.9 Å². The van der Waals surface area contributed by atoms with Gasteiger partial charge in [0.05, 0.1) is 5.92 Å². The van der Waals surface area contributed by atoms with Crippen molar-refractivity contribution in [2.45, 2.75) is 39.7 Å². The van der Waals surface area contributed by atoms with Gasteiger partial charge in [-0.05, 0) is 27.2 Å². The largest absolute Gasteiger partial charge is 0.481 e. The number of carboxylic acid groups (broad SMARTS) is 1. The number of ether oxygens (including phenoxy) is 1. The lowest BCUT2D eigenvalue weighted by molar-refractivity contribution is -0.140. The standard InChI is InChI=1S/C10H17NO4/c1-7(8(12)13)5-6-11-9(14)15-10(2,3)4/h6-7H,5H2,1-4H3,(H,12,13). The van der Waals surface area contributed by atoms with Crippen LogP contribution in [0, 0.1) is 5.92 Å². The van der Waals surface area contributed by atoms with Gasteiger partial charge in [-0.15, -0.1) is 0 Å². The molecule has 0 fully saturated rings. The molecule has 5 heteroatoms. The van der Waals surface area contributed by atoms with Gasteiger partial charge >= 0.3 is 12.1 Å². The molecule has 0 rings (SSSR count). The Morgan fingerprint density at radius 2 is 2.00 bits per heavy atom. The highest BCUT2D eigenvalue weighted by Gasteiger charge is 2.15. The van der Waals surface area contributed by atoms with Gasteiger partial charge in [-0.2, -0.15) is 4.99 Å². The summed E-state index contributed by atoms with van der Waals surface area (Å²) in [5, 5.41) is 8.56. The van der Waals surface area contributed by atoms with Crippen molar-refractivity contribution in [2.75, 3.05) is 0 Å². The predicted octanol–water partition coefficient (Wildman–Crippen LogP) is 2.10. The molecule has 0 aromatic carbocycles. The van der Waals surface area contributed by atoms with Gasteiger partial charge in [-0.1, -0.05) is 6.92 Å². The molecule has 0 aliphatic heterocycles. The first-order chi connectivity index (χ1) is 6.72. The van der Waals surface area contributed by atoms with Gasteiger partial charge < -0.3 is 9.84 Å². The minimum Gasteiger partial charge on any atom is -0.481 e. The molecule has 0 saturated heterocycles. The Morgan fingerprint density at radius 1 is 1.47 bits per heavy atom. The maximum absolute atomic E-state index is 11.0. The number of amides is 1. The maximum Gasteiger partial charge on any atom is 0.433 e. The Labute approximate surface area is 89.1 Å². The molecule has 0 saturated carbocycles. The van der Waals surface area contributed by atoms with Crippen LogP contribution in [0.25, 0.3) is 0 Å². The molecule has 0 radical (unpaired) electrons. The fourth-order valence-corrected chi connectivity index (χ4v) is 0.674. The van der Waals surface area contributed by atoms with Crippen LogP contribution >= 0.6 is 0 Å². The Hall–Kier alpha value is -1.39. The van der Waals surface area contributed by atoms with Crippen LogP contribution in [0.2, 0.25) is 0 Å². The summed E-state index contributed by atoms with van der Waals surface area (Å²) in [5.74, 6) is -1.46. The molecule has 1 N–H and O–H groups in total. The van der Waals surface area contributed by atoms with Crippen LogP contribution in [-0.4, -0.2) is 29.0 Å². The van der Waals surface area contributed by atoms with Crippen molar-refractivity contribution < 1.29 is 19.4 Å². The van der Waals surface area contributed by atoms with Gasteiger partial charge in [0.1, 0.15) is 5.60 Å². The van der Waals surface area contributed by atoms with Crippen molar-refractivity contribution in [3.63, 3.8) is 0 Å². The molecular weight excluding hydrogens is 198 g/mol. The van der Waals surface area contributed by atoms with Crippen LogP contribution in [0.15, 0.2) is 4.99 Å². The summed E-state index contributed by atoms with van der Waals surface area (Å²) in [5.41, 5.74) is -0.577. The molecule has 15 heavy (non-hydrogen) atoms. The Kier molecular flexibility index (Phi) is 4.97. The van der Waals surface area contributed by atoms with Crippen molar-refractivity contribution in [3.05, 3.63) is 0 Å². The third-order valence-electron chi connectivity index (χ3n) is 1.47. The zero-order valence-corrected chi connectivity index (χ0v) is 9.48. The van der Waals surface area contributed by atoms with Crippen LogP contribution in [0.3, 0.4) is 0 Å². The third kappa shape index (κ3) is 7.66. The quantitative estimate of drug-likeness (QED) is 0.731. The summed E-state index contributed by atoms with van der Waals surface area (Å²) in [6.07, 6.45) is 0.793. The molecule has 0 aromatic heterocycles. The van der Waals surface area contributed by atoms with E-state index in [0.717, 1.165) is 0 Å². The topological polar surface area (TPSA) is 76.0 Å². The van der Waals surface area contributed by atoms with E-state index in [9.17, 15) is 9.59 Å². The fourth-order valence-electron chi connectivity index (χ4n) is 0.674. The molecule has 0 aliphatic carbocycles. The molecule has 0 spiro atoms. The Bertz CT molecular complexity index is 265. The first-order valence-electron chi connectivity index (χ1n) is 4.70. The highest BCUT2D eigenvalue weighted by atomic mass is 16.6. The minimum atomic E-state index is -0.911. The number of aliphatic carboxylic acids is 1. The van der Waals surface area contributed by atoms with E-state index in [-0.39, 0.29) is 6.42 Å². The summed E-state index contributed by atoms with van der Waals surface area (Å²) in [4.78, 5) is 25.0. The van der Waals surface area contributed by atoms with Gasteiger partial charge in [0, 0.05) is 6.21 Å². The van der Waals surface area contributed by atoms with Crippen molar-refractivity contribution in [1.29, 1.82) is 0 Å². The van der Waals surface area contributed by atoms with E-state index in [1.54, 1.807) is 27.7 Å².